The van der Waals surface area contributed by atoms with E-state index in [1.165, 1.54) is 12.1 Å². The zero-order valence-electron chi connectivity index (χ0n) is 20.2. The molecule has 2 nitrogen and oxygen atoms in total. The third-order valence-corrected chi connectivity index (χ3v) is 7.30. The number of fused-ring (bicyclic) bond motifs is 7. The highest BCUT2D eigenvalue weighted by atomic mass is 19.4. The number of pyridine rings is 2. The van der Waals surface area contributed by atoms with E-state index >= 15 is 0 Å². The average Bonchev–Trinajstić information content (AvgIpc) is 3.17. The summed E-state index contributed by atoms with van der Waals surface area (Å²) in [5, 5.41) is 5.94. The summed E-state index contributed by atoms with van der Waals surface area (Å²) in [5.41, 5.74) is 3.66. The van der Waals surface area contributed by atoms with Crippen molar-refractivity contribution in [2.75, 3.05) is 0 Å². The van der Waals surface area contributed by atoms with Crippen LogP contribution in [0.2, 0.25) is 0 Å². The van der Waals surface area contributed by atoms with Crippen molar-refractivity contribution in [2.24, 2.45) is 5.41 Å². The Hall–Kier alpha value is -3.86. The lowest BCUT2D eigenvalue weighted by atomic mass is 9.84. The number of hydrogen-bond acceptors (Lipinski definition) is 1. The van der Waals surface area contributed by atoms with Gasteiger partial charge in [0.15, 0.2) is 0 Å². The molecule has 5 heteroatoms. The van der Waals surface area contributed by atoms with Crippen LogP contribution in [0.25, 0.3) is 59.8 Å². The third-order valence-electron chi connectivity index (χ3n) is 7.30. The highest BCUT2D eigenvalue weighted by molar-refractivity contribution is 6.29. The monoisotopic (exact) mass is 480 g/mol. The molecule has 0 aliphatic rings. The minimum absolute atomic E-state index is 0.0342. The molecule has 7 aromatic rings. The van der Waals surface area contributed by atoms with E-state index in [0.29, 0.717) is 10.9 Å². The van der Waals surface area contributed by atoms with Gasteiger partial charge in [0.25, 0.3) is 0 Å². The second-order valence-corrected chi connectivity index (χ2v) is 11.0. The fourth-order valence-corrected chi connectivity index (χ4v) is 6.04. The van der Waals surface area contributed by atoms with E-state index in [4.69, 9.17) is 4.98 Å². The SMILES string of the molecule is CC(C)(C)Cc1c2ccccc2cc2c3nccc4ccc5c6c(C(F)(F)F)cccc6n(c12)c5c43. The Balaban J connectivity index is 1.88. The molecule has 0 unspecified atom stereocenters. The lowest BCUT2D eigenvalue weighted by molar-refractivity contribution is -0.136. The number of alkyl halides is 3. The lowest BCUT2D eigenvalue weighted by Crippen LogP contribution is -2.11. The molecule has 7 rings (SSSR count). The average molecular weight is 481 g/mol. The van der Waals surface area contributed by atoms with Crippen LogP contribution in [-0.2, 0) is 12.6 Å². The van der Waals surface area contributed by atoms with Gasteiger partial charge in [-0.3, -0.25) is 4.98 Å². The first-order valence-corrected chi connectivity index (χ1v) is 12.1. The van der Waals surface area contributed by atoms with Crippen molar-refractivity contribution < 1.29 is 13.2 Å². The Morgan fingerprint density at radius 1 is 0.750 bits per heavy atom. The van der Waals surface area contributed by atoms with Crippen LogP contribution in [0.15, 0.2) is 72.9 Å². The maximum absolute atomic E-state index is 14.3. The van der Waals surface area contributed by atoms with Gasteiger partial charge in [-0.2, -0.15) is 13.2 Å². The second kappa shape index (κ2) is 6.88. The molecular formula is C31H23F3N2. The van der Waals surface area contributed by atoms with Gasteiger partial charge in [0.2, 0.25) is 0 Å². The Morgan fingerprint density at radius 2 is 1.56 bits per heavy atom. The number of aromatic nitrogens is 2. The second-order valence-electron chi connectivity index (χ2n) is 11.0. The minimum Gasteiger partial charge on any atom is -0.308 e. The quantitative estimate of drug-likeness (QED) is 0.169. The molecule has 0 saturated carbocycles. The van der Waals surface area contributed by atoms with Crippen molar-refractivity contribution in [3.8, 4) is 0 Å². The first kappa shape index (κ1) is 21.4. The maximum Gasteiger partial charge on any atom is 0.417 e. The molecule has 0 amide bonds. The lowest BCUT2D eigenvalue weighted by Gasteiger charge is -2.23. The van der Waals surface area contributed by atoms with Gasteiger partial charge < -0.3 is 4.40 Å². The molecule has 0 N–H and O–H groups in total. The maximum atomic E-state index is 14.3. The minimum atomic E-state index is -4.46. The summed E-state index contributed by atoms with van der Waals surface area (Å²) in [4.78, 5) is 4.81. The zero-order chi connectivity index (χ0) is 25.0. The van der Waals surface area contributed by atoms with Crippen molar-refractivity contribution in [3.05, 3.63) is 84.1 Å². The number of benzene rings is 4. The number of rotatable bonds is 1. The molecular weight excluding hydrogens is 457 g/mol. The van der Waals surface area contributed by atoms with E-state index in [-0.39, 0.29) is 10.8 Å². The molecule has 0 spiro atoms. The normalized spacial score (nSPS) is 13.4. The Labute approximate surface area is 205 Å². The van der Waals surface area contributed by atoms with Crippen LogP contribution in [0.1, 0.15) is 31.9 Å². The topological polar surface area (TPSA) is 17.3 Å². The molecule has 36 heavy (non-hydrogen) atoms. The zero-order valence-corrected chi connectivity index (χ0v) is 20.2. The van der Waals surface area contributed by atoms with E-state index in [2.05, 4.69) is 43.4 Å². The molecule has 178 valence electrons. The highest BCUT2D eigenvalue weighted by Gasteiger charge is 2.35. The van der Waals surface area contributed by atoms with E-state index in [1.807, 2.05) is 36.4 Å². The fourth-order valence-electron chi connectivity index (χ4n) is 6.04. The van der Waals surface area contributed by atoms with Crippen molar-refractivity contribution >= 4 is 59.8 Å². The summed E-state index contributed by atoms with van der Waals surface area (Å²) < 4.78 is 44.9. The summed E-state index contributed by atoms with van der Waals surface area (Å²) in [7, 11) is 0. The van der Waals surface area contributed by atoms with Crippen molar-refractivity contribution in [2.45, 2.75) is 33.4 Å². The Morgan fingerprint density at radius 3 is 2.33 bits per heavy atom. The molecule has 0 bridgehead atoms. The smallest absolute Gasteiger partial charge is 0.308 e. The van der Waals surface area contributed by atoms with E-state index in [9.17, 15) is 13.2 Å². The highest BCUT2D eigenvalue weighted by Crippen LogP contribution is 2.46. The van der Waals surface area contributed by atoms with Gasteiger partial charge in [-0.25, -0.2) is 0 Å². The van der Waals surface area contributed by atoms with Crippen LogP contribution in [-0.4, -0.2) is 9.38 Å². The first-order valence-electron chi connectivity index (χ1n) is 12.1. The summed E-state index contributed by atoms with van der Waals surface area (Å²) >= 11 is 0. The summed E-state index contributed by atoms with van der Waals surface area (Å²) in [6.07, 6.45) is -1.89. The van der Waals surface area contributed by atoms with Gasteiger partial charge in [-0.05, 0) is 57.8 Å². The van der Waals surface area contributed by atoms with Crippen LogP contribution in [0.4, 0.5) is 13.2 Å². The molecule has 4 aromatic carbocycles. The summed E-state index contributed by atoms with van der Waals surface area (Å²) in [6.45, 7) is 6.59. The molecule has 3 heterocycles. The third kappa shape index (κ3) is 2.83. The van der Waals surface area contributed by atoms with Crippen molar-refractivity contribution in [1.29, 1.82) is 0 Å². The molecule has 0 fully saturated rings. The largest absolute Gasteiger partial charge is 0.417 e. The molecule has 3 aromatic heterocycles. The van der Waals surface area contributed by atoms with Crippen molar-refractivity contribution in [1.82, 2.24) is 9.38 Å². The van der Waals surface area contributed by atoms with Gasteiger partial charge in [0.1, 0.15) is 0 Å². The molecule has 0 saturated heterocycles. The number of halogens is 3. The van der Waals surface area contributed by atoms with Crippen LogP contribution in [0, 0.1) is 5.41 Å². The Bertz CT molecular complexity index is 1990. The van der Waals surface area contributed by atoms with E-state index < -0.39 is 11.7 Å². The van der Waals surface area contributed by atoms with E-state index in [0.717, 1.165) is 55.5 Å². The standard InChI is InChI=1S/C31H23F3N2/c1-30(2,3)16-22-19-8-5-4-7-18(19)15-21-27-25-17(13-14-35-27)11-12-20-26-23(31(32,33)34)9-6-10-24(26)36(28(21)22)29(20)25/h4-15H,16H2,1-3H3. The van der Waals surface area contributed by atoms with Gasteiger partial charge >= 0.3 is 6.18 Å². The van der Waals surface area contributed by atoms with Crippen LogP contribution in [0.5, 0.6) is 0 Å². The molecule has 0 aliphatic carbocycles. The van der Waals surface area contributed by atoms with Crippen LogP contribution in [0.3, 0.4) is 0 Å². The van der Waals surface area contributed by atoms with Gasteiger partial charge in [0.05, 0.1) is 27.6 Å². The van der Waals surface area contributed by atoms with E-state index in [1.54, 1.807) is 6.20 Å². The summed E-state index contributed by atoms with van der Waals surface area (Å²) in [6, 6.07) is 20.7. The van der Waals surface area contributed by atoms with Crippen LogP contribution >= 0.6 is 0 Å². The fraction of sp³-hybridized carbons (Fsp3) is 0.194. The predicted octanol–water partition coefficient (Wildman–Crippen LogP) is 9.15. The first-order chi connectivity index (χ1) is 17.1. The molecule has 0 atom stereocenters. The molecule has 0 radical (unpaired) electrons. The van der Waals surface area contributed by atoms with Crippen LogP contribution < -0.4 is 0 Å². The summed E-state index contributed by atoms with van der Waals surface area (Å²) in [5.74, 6) is 0. The van der Waals surface area contributed by atoms with Gasteiger partial charge in [-0.1, -0.05) is 63.2 Å². The predicted molar refractivity (Wildman–Crippen MR) is 142 cm³/mol. The molecule has 0 aliphatic heterocycles. The number of hydrogen-bond donors (Lipinski definition) is 0. The Kier molecular flexibility index (Phi) is 4.09. The number of nitrogens with zero attached hydrogens (tertiary/aromatic N) is 2. The van der Waals surface area contributed by atoms with Gasteiger partial charge in [0, 0.05) is 27.7 Å². The van der Waals surface area contributed by atoms with Gasteiger partial charge in [-0.15, -0.1) is 0 Å². The van der Waals surface area contributed by atoms with Crippen molar-refractivity contribution in [3.63, 3.8) is 0 Å².